The van der Waals surface area contributed by atoms with Crippen molar-refractivity contribution < 1.29 is 14.3 Å². The van der Waals surface area contributed by atoms with Crippen LogP contribution >= 0.6 is 0 Å². The minimum absolute atomic E-state index is 0.330. The molecule has 1 aromatic rings. The van der Waals surface area contributed by atoms with E-state index in [-0.39, 0.29) is 6.09 Å². The van der Waals surface area contributed by atoms with Crippen molar-refractivity contribution >= 4 is 6.09 Å². The van der Waals surface area contributed by atoms with Gasteiger partial charge in [0.2, 0.25) is 0 Å². The lowest BCUT2D eigenvalue weighted by Crippen LogP contribution is -2.28. The molecule has 3 atom stereocenters. The Bertz CT molecular complexity index is 560. The van der Waals surface area contributed by atoms with Crippen molar-refractivity contribution in [2.45, 2.75) is 39.0 Å². The number of amides is 1. The molecule has 2 aliphatic carbocycles. The molecule has 134 valence electrons. The van der Waals surface area contributed by atoms with Crippen molar-refractivity contribution in [3.05, 3.63) is 11.4 Å². The summed E-state index contributed by atoms with van der Waals surface area (Å²) in [6.07, 6.45) is 4.93. The van der Waals surface area contributed by atoms with Gasteiger partial charge in [-0.2, -0.15) is 0 Å². The molecular formula is C17H28N4O3. The van der Waals surface area contributed by atoms with Gasteiger partial charge in [0.1, 0.15) is 0 Å². The second kappa shape index (κ2) is 7.96. The highest BCUT2D eigenvalue weighted by atomic mass is 16.5. The predicted molar refractivity (Wildman–Crippen MR) is 88.6 cm³/mol. The maximum atomic E-state index is 11.7. The van der Waals surface area contributed by atoms with Crippen LogP contribution in [0.1, 0.15) is 37.6 Å². The van der Waals surface area contributed by atoms with E-state index in [4.69, 9.17) is 9.47 Å². The number of fused-ring (bicyclic) bond motifs is 2. The lowest BCUT2D eigenvalue weighted by atomic mass is 10.0. The third-order valence-corrected chi connectivity index (χ3v) is 5.23. The van der Waals surface area contributed by atoms with Gasteiger partial charge in [-0.15, -0.1) is 5.10 Å². The standard InChI is InChI=1S/C17H28N4O3/c1-3-9-23-10-8-18-17(22)24-11-14-12-4-6-15-16(7-5-13(12)14)21(2)20-19-15/h12-14H,3-11H2,1-2H3,(H,18,22). The molecule has 7 nitrogen and oxygen atoms in total. The third kappa shape index (κ3) is 4.06. The first-order chi connectivity index (χ1) is 11.7. The van der Waals surface area contributed by atoms with E-state index in [9.17, 15) is 4.79 Å². The molecule has 1 aromatic heterocycles. The van der Waals surface area contributed by atoms with E-state index in [0.717, 1.165) is 44.4 Å². The molecule has 1 heterocycles. The van der Waals surface area contributed by atoms with E-state index in [1.165, 1.54) is 5.69 Å². The second-order valence-electron chi connectivity index (χ2n) is 6.81. The summed E-state index contributed by atoms with van der Waals surface area (Å²) in [7, 11) is 1.97. The number of hydrogen-bond donors (Lipinski definition) is 1. The molecule has 1 fully saturated rings. The fourth-order valence-corrected chi connectivity index (χ4v) is 3.85. The Morgan fingerprint density at radius 2 is 2.08 bits per heavy atom. The first-order valence-electron chi connectivity index (χ1n) is 9.06. The van der Waals surface area contributed by atoms with E-state index in [2.05, 4.69) is 22.6 Å². The van der Waals surface area contributed by atoms with Crippen LogP contribution in [0.2, 0.25) is 0 Å². The van der Waals surface area contributed by atoms with Crippen molar-refractivity contribution in [2.75, 3.05) is 26.4 Å². The summed E-state index contributed by atoms with van der Waals surface area (Å²) in [6, 6.07) is 0. The average molecular weight is 336 g/mol. The number of carbonyl (C=O) groups excluding carboxylic acids is 1. The van der Waals surface area contributed by atoms with Crippen LogP contribution in [0.25, 0.3) is 0 Å². The van der Waals surface area contributed by atoms with Gasteiger partial charge in [0, 0.05) is 20.2 Å². The van der Waals surface area contributed by atoms with Crippen molar-refractivity contribution in [1.29, 1.82) is 0 Å². The fraction of sp³-hybridized carbons (Fsp3) is 0.824. The van der Waals surface area contributed by atoms with Gasteiger partial charge in [-0.05, 0) is 49.9 Å². The summed E-state index contributed by atoms with van der Waals surface area (Å²) in [4.78, 5) is 11.7. The quantitative estimate of drug-likeness (QED) is 0.767. The van der Waals surface area contributed by atoms with Crippen molar-refractivity contribution in [2.24, 2.45) is 24.8 Å². The van der Waals surface area contributed by atoms with E-state index in [1.807, 2.05) is 11.7 Å². The molecule has 0 saturated heterocycles. The normalized spacial score (nSPS) is 25.2. The highest BCUT2D eigenvalue weighted by molar-refractivity contribution is 5.67. The maximum Gasteiger partial charge on any atom is 0.407 e. The number of nitrogens with zero attached hydrogens (tertiary/aromatic N) is 3. The molecule has 0 spiro atoms. The van der Waals surface area contributed by atoms with Crippen LogP contribution in [0, 0.1) is 17.8 Å². The molecule has 1 amide bonds. The minimum atomic E-state index is -0.330. The number of carbonyl (C=O) groups is 1. The average Bonchev–Trinajstić information content (AvgIpc) is 3.09. The number of rotatable bonds is 7. The van der Waals surface area contributed by atoms with Crippen LogP contribution < -0.4 is 5.32 Å². The fourth-order valence-electron chi connectivity index (χ4n) is 3.85. The summed E-state index contributed by atoms with van der Waals surface area (Å²) in [5.41, 5.74) is 2.41. The van der Waals surface area contributed by atoms with Crippen LogP contribution in [0.5, 0.6) is 0 Å². The molecule has 1 N–H and O–H groups in total. The second-order valence-corrected chi connectivity index (χ2v) is 6.81. The van der Waals surface area contributed by atoms with Gasteiger partial charge in [0.15, 0.2) is 0 Å². The Labute approximate surface area is 143 Å². The molecule has 2 aliphatic rings. The number of alkyl carbamates (subject to hydrolysis) is 1. The van der Waals surface area contributed by atoms with Gasteiger partial charge < -0.3 is 14.8 Å². The van der Waals surface area contributed by atoms with Crippen LogP contribution in [-0.2, 0) is 29.4 Å². The summed E-state index contributed by atoms with van der Waals surface area (Å²) in [6.45, 7) is 4.36. The van der Waals surface area contributed by atoms with Gasteiger partial charge in [-0.3, -0.25) is 4.68 Å². The first-order valence-corrected chi connectivity index (χ1v) is 9.06. The summed E-state index contributed by atoms with van der Waals surface area (Å²) in [5, 5.41) is 11.1. The molecule has 3 unspecified atom stereocenters. The van der Waals surface area contributed by atoms with Gasteiger partial charge >= 0.3 is 6.09 Å². The summed E-state index contributed by atoms with van der Waals surface area (Å²) in [5.74, 6) is 1.85. The number of aromatic nitrogens is 3. The van der Waals surface area contributed by atoms with E-state index < -0.39 is 0 Å². The molecule has 0 aliphatic heterocycles. The highest BCUT2D eigenvalue weighted by Crippen LogP contribution is 2.52. The van der Waals surface area contributed by atoms with E-state index in [1.54, 1.807) is 0 Å². The predicted octanol–water partition coefficient (Wildman–Crippen LogP) is 1.71. The summed E-state index contributed by atoms with van der Waals surface area (Å²) < 4.78 is 12.6. The lowest BCUT2D eigenvalue weighted by molar-refractivity contribution is 0.118. The van der Waals surface area contributed by atoms with Crippen molar-refractivity contribution in [1.82, 2.24) is 20.3 Å². The number of nitrogens with one attached hydrogen (secondary N) is 1. The first kappa shape index (κ1) is 17.2. The zero-order valence-corrected chi connectivity index (χ0v) is 14.7. The molecule has 1 saturated carbocycles. The Hall–Kier alpha value is -1.63. The topological polar surface area (TPSA) is 78.3 Å². The lowest BCUT2D eigenvalue weighted by Gasteiger charge is -2.07. The van der Waals surface area contributed by atoms with Crippen molar-refractivity contribution in [3.8, 4) is 0 Å². The SMILES string of the molecule is CCCOCCNC(=O)OCC1C2CCc3nnn(C)c3CCC21. The third-order valence-electron chi connectivity index (χ3n) is 5.23. The minimum Gasteiger partial charge on any atom is -0.449 e. The van der Waals surface area contributed by atoms with Crippen molar-refractivity contribution in [3.63, 3.8) is 0 Å². The number of ether oxygens (including phenoxy) is 2. The van der Waals surface area contributed by atoms with Crippen LogP contribution in [0.3, 0.4) is 0 Å². The zero-order chi connectivity index (χ0) is 16.9. The van der Waals surface area contributed by atoms with Gasteiger partial charge in [-0.1, -0.05) is 12.1 Å². The molecule has 3 rings (SSSR count). The Kier molecular flexibility index (Phi) is 5.71. The van der Waals surface area contributed by atoms with Crippen LogP contribution in [-0.4, -0.2) is 47.5 Å². The largest absolute Gasteiger partial charge is 0.449 e. The smallest absolute Gasteiger partial charge is 0.407 e. The molecular weight excluding hydrogens is 308 g/mol. The van der Waals surface area contributed by atoms with Gasteiger partial charge in [0.25, 0.3) is 0 Å². The van der Waals surface area contributed by atoms with Gasteiger partial charge in [0.05, 0.1) is 24.6 Å². The van der Waals surface area contributed by atoms with E-state index >= 15 is 0 Å². The number of hydrogen-bond acceptors (Lipinski definition) is 5. The molecule has 0 bridgehead atoms. The molecule has 0 aromatic carbocycles. The zero-order valence-electron chi connectivity index (χ0n) is 14.7. The van der Waals surface area contributed by atoms with Crippen LogP contribution in [0.4, 0.5) is 4.79 Å². The monoisotopic (exact) mass is 336 g/mol. The Balaban J connectivity index is 1.36. The maximum absolute atomic E-state index is 11.7. The summed E-state index contributed by atoms with van der Waals surface area (Å²) >= 11 is 0. The molecule has 7 heteroatoms. The molecule has 0 radical (unpaired) electrons. The number of aryl methyl sites for hydroxylation is 2. The van der Waals surface area contributed by atoms with E-state index in [0.29, 0.717) is 37.5 Å². The van der Waals surface area contributed by atoms with Gasteiger partial charge in [-0.25, -0.2) is 4.79 Å². The Morgan fingerprint density at radius 3 is 2.88 bits per heavy atom. The van der Waals surface area contributed by atoms with Crippen LogP contribution in [0.15, 0.2) is 0 Å². The highest BCUT2D eigenvalue weighted by Gasteiger charge is 2.50. The molecule has 24 heavy (non-hydrogen) atoms. The Morgan fingerprint density at radius 1 is 1.29 bits per heavy atom.